The van der Waals surface area contributed by atoms with E-state index >= 15 is 0 Å². The summed E-state index contributed by atoms with van der Waals surface area (Å²) in [5.41, 5.74) is 3.50. The molecule has 16 heavy (non-hydrogen) atoms. The van der Waals surface area contributed by atoms with E-state index in [-0.39, 0.29) is 4.90 Å². The Bertz CT molecular complexity index is 456. The van der Waals surface area contributed by atoms with Crippen LogP contribution in [0.3, 0.4) is 0 Å². The van der Waals surface area contributed by atoms with E-state index in [0.29, 0.717) is 12.3 Å². The molecule has 0 radical (unpaired) electrons. The zero-order valence-corrected chi connectivity index (χ0v) is 10.3. The number of rotatable bonds is 5. The summed E-state index contributed by atoms with van der Waals surface area (Å²) in [6.07, 6.45) is 1.16. The molecule has 90 valence electrons. The van der Waals surface area contributed by atoms with Gasteiger partial charge >= 0.3 is 0 Å². The Kier molecular flexibility index (Phi) is 4.28. The molecule has 0 saturated heterocycles. The number of benzene rings is 1. The maximum Gasteiger partial charge on any atom is 0.175 e. The highest BCUT2D eigenvalue weighted by atomic mass is 32.2. The molecule has 1 aromatic carbocycles. The van der Waals surface area contributed by atoms with Gasteiger partial charge in [-0.05, 0) is 12.1 Å². The van der Waals surface area contributed by atoms with E-state index in [1.807, 2.05) is 0 Å². The molecule has 0 bridgehead atoms. The summed E-state index contributed by atoms with van der Waals surface area (Å²) in [5, 5.41) is 0. The highest BCUT2D eigenvalue weighted by Crippen LogP contribution is 2.22. The third-order valence-electron chi connectivity index (χ3n) is 2.09. The lowest BCUT2D eigenvalue weighted by atomic mass is 10.2. The first-order valence-corrected chi connectivity index (χ1v) is 6.51. The normalized spacial score (nSPS) is 11.4. The van der Waals surface area contributed by atoms with Crippen molar-refractivity contribution in [3.63, 3.8) is 0 Å². The lowest BCUT2D eigenvalue weighted by molar-refractivity contribution is 0.0861. The average Bonchev–Trinajstić information content (AvgIpc) is 2.24. The van der Waals surface area contributed by atoms with Gasteiger partial charge in [0, 0.05) is 18.4 Å². The predicted octanol–water partition coefficient (Wildman–Crippen LogP) is 0.750. The second kappa shape index (κ2) is 5.29. The van der Waals surface area contributed by atoms with E-state index in [4.69, 9.17) is 9.57 Å². The number of ether oxygens (including phenoxy) is 1. The Hall–Kier alpha value is -1.11. The molecule has 0 fully saturated rings. The van der Waals surface area contributed by atoms with Crippen molar-refractivity contribution in [2.24, 2.45) is 0 Å². The molecule has 0 aliphatic carbocycles. The van der Waals surface area contributed by atoms with Crippen LogP contribution in [-0.2, 0) is 21.2 Å². The minimum absolute atomic E-state index is 0.241. The Morgan fingerprint density at radius 2 is 2.00 bits per heavy atom. The Morgan fingerprint density at radius 1 is 1.31 bits per heavy atom. The van der Waals surface area contributed by atoms with Gasteiger partial charge in [0.15, 0.2) is 9.84 Å². The second-order valence-corrected chi connectivity index (χ2v) is 5.29. The van der Waals surface area contributed by atoms with Crippen molar-refractivity contribution in [1.29, 1.82) is 0 Å². The Balaban J connectivity index is 3.07. The molecule has 1 rings (SSSR count). The van der Waals surface area contributed by atoms with E-state index in [1.165, 1.54) is 20.3 Å². The van der Waals surface area contributed by atoms with Crippen LogP contribution in [0, 0.1) is 0 Å². The average molecular weight is 245 g/mol. The molecule has 0 unspecified atom stereocenters. The molecule has 0 saturated carbocycles. The number of hydrogen-bond donors (Lipinski definition) is 1. The zero-order valence-electron chi connectivity index (χ0n) is 9.48. The summed E-state index contributed by atoms with van der Waals surface area (Å²) >= 11 is 0. The maximum absolute atomic E-state index is 11.3. The smallest absolute Gasteiger partial charge is 0.175 e. The standard InChI is InChI=1S/C10H15NO4S/c1-14-10-6-9(16(3,12)13)5-4-8(10)7-11-15-2/h4-6,11H,7H2,1-3H3. The molecular weight excluding hydrogens is 230 g/mol. The summed E-state index contributed by atoms with van der Waals surface area (Å²) in [6, 6.07) is 4.74. The minimum atomic E-state index is -3.20. The van der Waals surface area contributed by atoms with E-state index in [0.717, 1.165) is 11.8 Å². The first-order chi connectivity index (χ1) is 7.49. The number of hydroxylamine groups is 1. The second-order valence-electron chi connectivity index (χ2n) is 3.27. The molecule has 1 N–H and O–H groups in total. The van der Waals surface area contributed by atoms with Gasteiger partial charge in [-0.15, -0.1) is 0 Å². The van der Waals surface area contributed by atoms with Gasteiger partial charge in [-0.3, -0.25) is 0 Å². The van der Waals surface area contributed by atoms with Crippen molar-refractivity contribution >= 4 is 9.84 Å². The lowest BCUT2D eigenvalue weighted by Gasteiger charge is -2.10. The third kappa shape index (κ3) is 3.19. The van der Waals surface area contributed by atoms with Gasteiger partial charge in [-0.25, -0.2) is 8.42 Å². The van der Waals surface area contributed by atoms with E-state index in [9.17, 15) is 8.42 Å². The fourth-order valence-corrected chi connectivity index (χ4v) is 1.89. The predicted molar refractivity (Wildman–Crippen MR) is 60.0 cm³/mol. The van der Waals surface area contributed by atoms with Gasteiger partial charge < -0.3 is 9.57 Å². The molecule has 0 aliphatic heterocycles. The third-order valence-corrected chi connectivity index (χ3v) is 3.20. The van der Waals surface area contributed by atoms with Crippen molar-refractivity contribution in [2.75, 3.05) is 20.5 Å². The molecule has 0 aliphatic rings. The van der Waals surface area contributed by atoms with Crippen molar-refractivity contribution in [3.05, 3.63) is 23.8 Å². The van der Waals surface area contributed by atoms with E-state index in [2.05, 4.69) is 5.48 Å². The summed E-state index contributed by atoms with van der Waals surface area (Å²) < 4.78 is 27.8. The number of nitrogens with one attached hydrogen (secondary N) is 1. The number of sulfone groups is 1. The molecule has 0 atom stereocenters. The Morgan fingerprint density at radius 3 is 2.50 bits per heavy atom. The molecule has 5 nitrogen and oxygen atoms in total. The SMILES string of the molecule is CONCc1ccc(S(C)(=O)=O)cc1OC. The quantitative estimate of drug-likeness (QED) is 0.775. The molecule has 0 amide bonds. The van der Waals surface area contributed by atoms with Gasteiger partial charge in [0.05, 0.1) is 19.1 Å². The van der Waals surface area contributed by atoms with Gasteiger partial charge in [0.1, 0.15) is 5.75 Å². The van der Waals surface area contributed by atoms with Crippen LogP contribution >= 0.6 is 0 Å². The fraction of sp³-hybridized carbons (Fsp3) is 0.400. The number of methoxy groups -OCH3 is 1. The first kappa shape index (κ1) is 13.0. The summed E-state index contributed by atoms with van der Waals surface area (Å²) in [7, 11) is -0.195. The summed E-state index contributed by atoms with van der Waals surface area (Å²) in [5.74, 6) is 0.521. The molecule has 6 heteroatoms. The molecular formula is C10H15NO4S. The highest BCUT2D eigenvalue weighted by molar-refractivity contribution is 7.90. The van der Waals surface area contributed by atoms with Crippen molar-refractivity contribution in [1.82, 2.24) is 5.48 Å². The van der Waals surface area contributed by atoms with Crippen molar-refractivity contribution in [2.45, 2.75) is 11.4 Å². The van der Waals surface area contributed by atoms with Crippen LogP contribution in [0.4, 0.5) is 0 Å². The van der Waals surface area contributed by atoms with Crippen LogP contribution < -0.4 is 10.2 Å². The van der Waals surface area contributed by atoms with E-state index in [1.54, 1.807) is 12.1 Å². The fourth-order valence-electron chi connectivity index (χ4n) is 1.25. The van der Waals surface area contributed by atoms with Crippen LogP contribution in [0.15, 0.2) is 23.1 Å². The highest BCUT2D eigenvalue weighted by Gasteiger charge is 2.11. The minimum Gasteiger partial charge on any atom is -0.496 e. The van der Waals surface area contributed by atoms with Gasteiger partial charge in [0.25, 0.3) is 0 Å². The van der Waals surface area contributed by atoms with Crippen LogP contribution in [-0.4, -0.2) is 28.9 Å². The Labute approximate surface area is 95.2 Å². The van der Waals surface area contributed by atoms with Crippen LogP contribution in [0.25, 0.3) is 0 Å². The first-order valence-electron chi connectivity index (χ1n) is 4.62. The molecule has 0 spiro atoms. The van der Waals surface area contributed by atoms with E-state index < -0.39 is 9.84 Å². The van der Waals surface area contributed by atoms with Gasteiger partial charge in [-0.1, -0.05) is 6.07 Å². The molecule has 0 heterocycles. The lowest BCUT2D eigenvalue weighted by Crippen LogP contribution is -2.12. The van der Waals surface area contributed by atoms with Crippen LogP contribution in [0.5, 0.6) is 5.75 Å². The van der Waals surface area contributed by atoms with Crippen LogP contribution in [0.1, 0.15) is 5.56 Å². The molecule has 1 aromatic rings. The summed E-state index contributed by atoms with van der Waals surface area (Å²) in [4.78, 5) is 4.96. The number of hydrogen-bond acceptors (Lipinski definition) is 5. The van der Waals surface area contributed by atoms with Crippen LogP contribution in [0.2, 0.25) is 0 Å². The van der Waals surface area contributed by atoms with Gasteiger partial charge in [0.2, 0.25) is 0 Å². The molecule has 0 aromatic heterocycles. The monoisotopic (exact) mass is 245 g/mol. The topological polar surface area (TPSA) is 64.6 Å². The van der Waals surface area contributed by atoms with Crippen molar-refractivity contribution < 1.29 is 18.0 Å². The zero-order chi connectivity index (χ0) is 12.2. The van der Waals surface area contributed by atoms with Gasteiger partial charge in [-0.2, -0.15) is 5.48 Å². The van der Waals surface area contributed by atoms with Crippen molar-refractivity contribution in [3.8, 4) is 5.75 Å². The maximum atomic E-state index is 11.3. The summed E-state index contributed by atoms with van der Waals surface area (Å²) in [6.45, 7) is 0.448. The largest absolute Gasteiger partial charge is 0.496 e.